The zero-order chi connectivity index (χ0) is 13.9. The molecule has 3 aromatic rings. The maximum Gasteiger partial charge on any atom is 0.243 e. The third kappa shape index (κ3) is 2.25. The highest BCUT2D eigenvalue weighted by molar-refractivity contribution is 5.95. The van der Waals surface area contributed by atoms with Gasteiger partial charge in [0.2, 0.25) is 11.8 Å². The summed E-state index contributed by atoms with van der Waals surface area (Å²) in [5.41, 5.74) is 2.19. The molecule has 0 spiro atoms. The fraction of sp³-hybridized carbons (Fsp3) is 0.0667. The van der Waals surface area contributed by atoms with E-state index in [4.69, 9.17) is 4.74 Å². The lowest BCUT2D eigenvalue weighted by Crippen LogP contribution is -1.97. The molecule has 0 aliphatic rings. The Bertz CT molecular complexity index is 747. The van der Waals surface area contributed by atoms with Crippen molar-refractivity contribution in [3.05, 3.63) is 54.6 Å². The summed E-state index contributed by atoms with van der Waals surface area (Å²) in [6.07, 6.45) is 1.63. The van der Waals surface area contributed by atoms with Crippen molar-refractivity contribution in [3.8, 4) is 5.88 Å². The minimum atomic E-state index is -0.599. The van der Waals surface area contributed by atoms with E-state index in [9.17, 15) is 4.39 Å². The first-order valence-electron chi connectivity index (χ1n) is 6.09. The van der Waals surface area contributed by atoms with Gasteiger partial charge in [-0.25, -0.2) is 0 Å². The van der Waals surface area contributed by atoms with E-state index >= 15 is 0 Å². The number of anilines is 2. The van der Waals surface area contributed by atoms with Crippen LogP contribution in [0.3, 0.4) is 0 Å². The molecule has 0 fully saturated rings. The van der Waals surface area contributed by atoms with Gasteiger partial charge in [-0.05, 0) is 18.2 Å². The van der Waals surface area contributed by atoms with E-state index < -0.39 is 5.95 Å². The lowest BCUT2D eigenvalue weighted by Gasteiger charge is -2.10. The quantitative estimate of drug-likeness (QED) is 0.739. The number of methoxy groups -OCH3 is 1. The second kappa shape index (κ2) is 5.13. The summed E-state index contributed by atoms with van der Waals surface area (Å²) in [4.78, 5) is 7.89. The highest BCUT2D eigenvalue weighted by Crippen LogP contribution is 2.29. The molecule has 2 aromatic heterocycles. The number of benzene rings is 1. The van der Waals surface area contributed by atoms with Gasteiger partial charge in [-0.15, -0.1) is 0 Å². The van der Waals surface area contributed by atoms with E-state index in [-0.39, 0.29) is 5.88 Å². The molecule has 20 heavy (non-hydrogen) atoms. The molecule has 3 rings (SSSR count). The first-order valence-corrected chi connectivity index (χ1v) is 6.09. The average Bonchev–Trinajstić information content (AvgIpc) is 2.48. The van der Waals surface area contributed by atoms with Crippen LogP contribution >= 0.6 is 0 Å². The van der Waals surface area contributed by atoms with Crippen molar-refractivity contribution in [1.82, 2.24) is 9.97 Å². The SMILES string of the molecule is COc1nc(F)cc2c(Nc3ccccc3)ccnc12. The molecule has 0 bridgehead atoms. The number of ether oxygens (including phenoxy) is 1. The van der Waals surface area contributed by atoms with Crippen LogP contribution in [0.15, 0.2) is 48.7 Å². The number of nitrogens with zero attached hydrogens (tertiary/aromatic N) is 2. The highest BCUT2D eigenvalue weighted by Gasteiger charge is 2.11. The molecule has 0 atom stereocenters. The van der Waals surface area contributed by atoms with Gasteiger partial charge < -0.3 is 10.1 Å². The molecule has 1 aromatic carbocycles. The van der Waals surface area contributed by atoms with Crippen molar-refractivity contribution in [2.45, 2.75) is 0 Å². The van der Waals surface area contributed by atoms with E-state index in [1.54, 1.807) is 12.3 Å². The lowest BCUT2D eigenvalue weighted by molar-refractivity contribution is 0.392. The first kappa shape index (κ1) is 12.3. The number of aromatic nitrogens is 2. The van der Waals surface area contributed by atoms with Gasteiger partial charge in [-0.3, -0.25) is 4.98 Å². The topological polar surface area (TPSA) is 47.0 Å². The van der Waals surface area contributed by atoms with Gasteiger partial charge in [-0.2, -0.15) is 9.37 Å². The molecule has 0 radical (unpaired) electrons. The Morgan fingerprint density at radius 2 is 1.95 bits per heavy atom. The van der Waals surface area contributed by atoms with Crippen LogP contribution in [0.5, 0.6) is 5.88 Å². The number of halogens is 1. The molecule has 0 aliphatic heterocycles. The molecule has 0 unspecified atom stereocenters. The van der Waals surface area contributed by atoms with Crippen molar-refractivity contribution >= 4 is 22.3 Å². The Labute approximate surface area is 115 Å². The second-order valence-corrected chi connectivity index (χ2v) is 4.20. The highest BCUT2D eigenvalue weighted by atomic mass is 19.1. The van der Waals surface area contributed by atoms with Crippen LogP contribution in [0, 0.1) is 5.95 Å². The van der Waals surface area contributed by atoms with Crippen molar-refractivity contribution in [3.63, 3.8) is 0 Å². The fourth-order valence-corrected chi connectivity index (χ4v) is 2.02. The van der Waals surface area contributed by atoms with Crippen molar-refractivity contribution in [1.29, 1.82) is 0 Å². The Morgan fingerprint density at radius 1 is 1.15 bits per heavy atom. The van der Waals surface area contributed by atoms with Crippen LogP contribution in [-0.4, -0.2) is 17.1 Å². The van der Waals surface area contributed by atoms with Crippen molar-refractivity contribution in [2.24, 2.45) is 0 Å². The van der Waals surface area contributed by atoms with E-state index in [1.807, 2.05) is 30.3 Å². The second-order valence-electron chi connectivity index (χ2n) is 4.20. The average molecular weight is 269 g/mol. The molecular formula is C15H12FN3O. The number of nitrogens with one attached hydrogen (secondary N) is 1. The Morgan fingerprint density at radius 3 is 2.70 bits per heavy atom. The third-order valence-corrected chi connectivity index (χ3v) is 2.91. The normalized spacial score (nSPS) is 10.5. The molecule has 2 heterocycles. The van der Waals surface area contributed by atoms with E-state index in [0.717, 1.165) is 11.4 Å². The molecule has 0 saturated heterocycles. The zero-order valence-corrected chi connectivity index (χ0v) is 10.8. The van der Waals surface area contributed by atoms with Crippen LogP contribution in [0.2, 0.25) is 0 Å². The van der Waals surface area contributed by atoms with Gasteiger partial charge >= 0.3 is 0 Å². The number of hydrogen-bond donors (Lipinski definition) is 1. The van der Waals surface area contributed by atoms with Crippen LogP contribution in [0.1, 0.15) is 0 Å². The van der Waals surface area contributed by atoms with Gasteiger partial charge in [-0.1, -0.05) is 18.2 Å². The fourth-order valence-electron chi connectivity index (χ4n) is 2.02. The van der Waals surface area contributed by atoms with Gasteiger partial charge in [0.25, 0.3) is 0 Å². The van der Waals surface area contributed by atoms with E-state index in [1.165, 1.54) is 13.2 Å². The molecule has 100 valence electrons. The van der Waals surface area contributed by atoms with Gasteiger partial charge in [0.1, 0.15) is 5.52 Å². The molecule has 4 nitrogen and oxygen atoms in total. The minimum Gasteiger partial charge on any atom is -0.479 e. The predicted octanol–water partition coefficient (Wildman–Crippen LogP) is 3.52. The number of hydrogen-bond acceptors (Lipinski definition) is 4. The largest absolute Gasteiger partial charge is 0.479 e. The van der Waals surface area contributed by atoms with E-state index in [2.05, 4.69) is 15.3 Å². The molecular weight excluding hydrogens is 257 g/mol. The first-order chi connectivity index (χ1) is 9.78. The predicted molar refractivity (Wildman–Crippen MR) is 75.8 cm³/mol. The number of rotatable bonds is 3. The third-order valence-electron chi connectivity index (χ3n) is 2.91. The zero-order valence-electron chi connectivity index (χ0n) is 10.8. The maximum absolute atomic E-state index is 13.6. The Balaban J connectivity index is 2.14. The lowest BCUT2D eigenvalue weighted by atomic mass is 10.2. The summed E-state index contributed by atoms with van der Waals surface area (Å²) in [7, 11) is 1.44. The minimum absolute atomic E-state index is 0.178. The van der Waals surface area contributed by atoms with Gasteiger partial charge in [0, 0.05) is 29.0 Å². The van der Waals surface area contributed by atoms with Crippen LogP contribution < -0.4 is 10.1 Å². The number of para-hydroxylation sites is 1. The van der Waals surface area contributed by atoms with Crippen LogP contribution in [0.25, 0.3) is 10.9 Å². The number of pyridine rings is 2. The molecule has 1 N–H and O–H groups in total. The molecule has 5 heteroatoms. The summed E-state index contributed by atoms with van der Waals surface area (Å²) < 4.78 is 18.6. The summed E-state index contributed by atoms with van der Waals surface area (Å²) in [5, 5.41) is 3.86. The van der Waals surface area contributed by atoms with Crippen molar-refractivity contribution < 1.29 is 9.13 Å². The molecule has 0 amide bonds. The number of fused-ring (bicyclic) bond motifs is 1. The van der Waals surface area contributed by atoms with Gasteiger partial charge in [0.15, 0.2) is 0 Å². The summed E-state index contributed by atoms with van der Waals surface area (Å²) in [6.45, 7) is 0. The Kier molecular flexibility index (Phi) is 3.16. The van der Waals surface area contributed by atoms with Crippen LogP contribution in [0.4, 0.5) is 15.8 Å². The molecule has 0 aliphatic carbocycles. The van der Waals surface area contributed by atoms with Crippen molar-refractivity contribution in [2.75, 3.05) is 12.4 Å². The van der Waals surface area contributed by atoms with Crippen LogP contribution in [-0.2, 0) is 0 Å². The summed E-state index contributed by atoms with van der Waals surface area (Å²) in [6, 6.07) is 12.8. The Hall–Kier alpha value is -2.69. The van der Waals surface area contributed by atoms with Gasteiger partial charge in [0.05, 0.1) is 7.11 Å². The monoisotopic (exact) mass is 269 g/mol. The molecule has 0 saturated carbocycles. The summed E-state index contributed by atoms with van der Waals surface area (Å²) in [5.74, 6) is -0.421. The van der Waals surface area contributed by atoms with E-state index in [0.29, 0.717) is 10.9 Å². The maximum atomic E-state index is 13.6. The standard InChI is InChI=1S/C15H12FN3O/c1-20-15-14-11(9-13(16)19-15)12(7-8-17-14)18-10-5-3-2-4-6-10/h2-9H,1H3,(H,17,18). The summed E-state index contributed by atoms with van der Waals surface area (Å²) >= 11 is 0. The smallest absolute Gasteiger partial charge is 0.243 e.